The molecule has 5 heteroatoms. The maximum absolute atomic E-state index is 5.21. The van der Waals surface area contributed by atoms with Crippen molar-refractivity contribution >= 4 is 64.3 Å². The van der Waals surface area contributed by atoms with Gasteiger partial charge >= 0.3 is 0 Å². The van der Waals surface area contributed by atoms with E-state index in [-0.39, 0.29) is 0 Å². The summed E-state index contributed by atoms with van der Waals surface area (Å²) in [5, 5.41) is 4.65. The fraction of sp³-hybridized carbons (Fsp3) is 0. The molecule has 8 rings (SSSR count). The molecule has 0 aliphatic heterocycles. The second-order valence-corrected chi connectivity index (χ2v) is 10.00. The third-order valence-electron chi connectivity index (χ3n) is 6.91. The highest BCUT2D eigenvalue weighted by atomic mass is 32.1. The number of hydrogen-bond acceptors (Lipinski definition) is 4. The van der Waals surface area contributed by atoms with E-state index in [2.05, 4.69) is 88.4 Å². The summed E-state index contributed by atoms with van der Waals surface area (Å²) in [5.41, 5.74) is 6.15. The monoisotopic (exact) mass is 478 g/mol. The molecule has 4 nitrogen and oxygen atoms in total. The highest BCUT2D eigenvalue weighted by Gasteiger charge is 2.21. The predicted molar refractivity (Wildman–Crippen MR) is 150 cm³/mol. The van der Waals surface area contributed by atoms with Crippen LogP contribution in [-0.2, 0) is 0 Å². The number of benzene rings is 4. The topological polar surface area (TPSA) is 43.6 Å². The number of hydrogen-bond donors (Lipinski definition) is 0. The average molecular weight is 479 g/mol. The summed E-state index contributed by atoms with van der Waals surface area (Å²) in [6.07, 6.45) is 1.66. The summed E-state index contributed by atoms with van der Waals surface area (Å²) in [6.45, 7) is 0. The van der Waals surface area contributed by atoms with Gasteiger partial charge in [-0.2, -0.15) is 0 Å². The largest absolute Gasteiger partial charge is 0.291 e. The van der Waals surface area contributed by atoms with Gasteiger partial charge in [-0.25, -0.2) is 15.0 Å². The number of fused-ring (bicyclic) bond motifs is 8. The number of pyridine rings is 1. The van der Waals surface area contributed by atoms with Crippen LogP contribution in [0.5, 0.6) is 0 Å². The number of para-hydroxylation sites is 1. The fourth-order valence-corrected chi connectivity index (χ4v) is 6.44. The Kier molecular flexibility index (Phi) is 4.07. The Morgan fingerprint density at radius 1 is 0.611 bits per heavy atom. The average Bonchev–Trinajstić information content (AvgIpc) is 3.48. The zero-order valence-corrected chi connectivity index (χ0v) is 19.9. The quantitative estimate of drug-likeness (QED) is 0.252. The maximum Gasteiger partial charge on any atom is 0.149 e. The highest BCUT2D eigenvalue weighted by molar-refractivity contribution is 7.26. The Morgan fingerprint density at radius 3 is 2.33 bits per heavy atom. The highest BCUT2D eigenvalue weighted by Crippen LogP contribution is 2.43. The van der Waals surface area contributed by atoms with E-state index < -0.39 is 0 Å². The Hall–Kier alpha value is -4.61. The van der Waals surface area contributed by atoms with Gasteiger partial charge in [0.05, 0.1) is 27.8 Å². The number of thiophene rings is 1. The fourth-order valence-electron chi connectivity index (χ4n) is 5.33. The smallest absolute Gasteiger partial charge is 0.149 e. The molecule has 8 aromatic rings. The van der Waals surface area contributed by atoms with Crippen LogP contribution in [0.15, 0.2) is 109 Å². The van der Waals surface area contributed by atoms with Crippen LogP contribution in [0.3, 0.4) is 0 Å². The molecule has 0 N–H and O–H groups in total. The summed E-state index contributed by atoms with van der Waals surface area (Å²) < 4.78 is 4.83. The Labute approximate surface area is 210 Å². The van der Waals surface area contributed by atoms with E-state index in [1.807, 2.05) is 35.6 Å². The van der Waals surface area contributed by atoms with Gasteiger partial charge in [0.15, 0.2) is 0 Å². The molecule has 0 fully saturated rings. The van der Waals surface area contributed by atoms with Gasteiger partial charge in [0.2, 0.25) is 0 Å². The van der Waals surface area contributed by atoms with Gasteiger partial charge in [-0.05, 0) is 42.5 Å². The molecule has 4 heterocycles. The van der Waals surface area contributed by atoms with Gasteiger partial charge in [0, 0.05) is 36.5 Å². The first-order valence-electron chi connectivity index (χ1n) is 11.9. The van der Waals surface area contributed by atoms with Crippen molar-refractivity contribution in [3.8, 4) is 17.1 Å². The lowest BCUT2D eigenvalue weighted by Gasteiger charge is -2.10. The normalized spacial score (nSPS) is 11.9. The van der Waals surface area contributed by atoms with E-state index in [4.69, 9.17) is 9.97 Å². The molecule has 0 saturated heterocycles. The van der Waals surface area contributed by atoms with Crippen LogP contribution in [0.25, 0.3) is 70.1 Å². The molecule has 0 atom stereocenters. The lowest BCUT2D eigenvalue weighted by atomic mass is 10.1. The Balaban J connectivity index is 1.60. The van der Waals surface area contributed by atoms with Crippen LogP contribution in [0.1, 0.15) is 0 Å². The first kappa shape index (κ1) is 19.7. The summed E-state index contributed by atoms with van der Waals surface area (Å²) in [5.74, 6) is 0.873. The minimum absolute atomic E-state index is 0.873. The van der Waals surface area contributed by atoms with E-state index in [0.29, 0.717) is 0 Å². The van der Waals surface area contributed by atoms with Crippen molar-refractivity contribution in [1.29, 1.82) is 0 Å². The summed E-state index contributed by atoms with van der Waals surface area (Å²) in [4.78, 5) is 14.6. The van der Waals surface area contributed by atoms with E-state index in [0.717, 1.165) is 49.9 Å². The first-order valence-corrected chi connectivity index (χ1v) is 12.7. The summed E-state index contributed by atoms with van der Waals surface area (Å²) in [7, 11) is 0. The number of nitrogens with zero attached hydrogens (tertiary/aromatic N) is 4. The molecular weight excluding hydrogens is 460 g/mol. The number of aromatic nitrogens is 4. The van der Waals surface area contributed by atoms with Crippen LogP contribution in [0, 0.1) is 0 Å². The molecule has 4 aromatic heterocycles. The SMILES string of the molecule is c1ccc(-c2ccc3c(n2)c2ccc4sc5ccccc5c4c2n3-c2ncnc3ccccc23)cc1. The molecule has 0 amide bonds. The molecule has 4 aromatic carbocycles. The van der Waals surface area contributed by atoms with Gasteiger partial charge in [-0.15, -0.1) is 11.3 Å². The van der Waals surface area contributed by atoms with E-state index in [1.54, 1.807) is 6.33 Å². The Bertz CT molecular complexity index is 2100. The third kappa shape index (κ3) is 2.72. The molecule has 0 bridgehead atoms. The van der Waals surface area contributed by atoms with Gasteiger partial charge < -0.3 is 0 Å². The van der Waals surface area contributed by atoms with Crippen molar-refractivity contribution in [3.63, 3.8) is 0 Å². The van der Waals surface area contributed by atoms with Gasteiger partial charge in [0.25, 0.3) is 0 Å². The van der Waals surface area contributed by atoms with E-state index in [9.17, 15) is 0 Å². The molecule has 0 aliphatic rings. The Morgan fingerprint density at radius 2 is 1.42 bits per heavy atom. The van der Waals surface area contributed by atoms with Crippen molar-refractivity contribution in [2.75, 3.05) is 0 Å². The minimum Gasteiger partial charge on any atom is -0.291 e. The van der Waals surface area contributed by atoms with Crippen molar-refractivity contribution < 1.29 is 0 Å². The van der Waals surface area contributed by atoms with Gasteiger partial charge in [0.1, 0.15) is 12.1 Å². The first-order chi connectivity index (χ1) is 17.9. The third-order valence-corrected chi connectivity index (χ3v) is 8.05. The summed E-state index contributed by atoms with van der Waals surface area (Å²) in [6, 6.07) is 35.9. The zero-order chi connectivity index (χ0) is 23.6. The second-order valence-electron chi connectivity index (χ2n) is 8.91. The maximum atomic E-state index is 5.21. The predicted octanol–water partition coefficient (Wildman–Crippen LogP) is 8.16. The van der Waals surface area contributed by atoms with Crippen LogP contribution >= 0.6 is 11.3 Å². The van der Waals surface area contributed by atoms with Crippen molar-refractivity contribution in [2.24, 2.45) is 0 Å². The van der Waals surface area contributed by atoms with Crippen LogP contribution in [0.2, 0.25) is 0 Å². The van der Waals surface area contributed by atoms with Crippen LogP contribution in [-0.4, -0.2) is 19.5 Å². The molecular formula is C31H18N4S. The molecule has 0 unspecified atom stereocenters. The lowest BCUT2D eigenvalue weighted by molar-refractivity contribution is 1.07. The van der Waals surface area contributed by atoms with Crippen molar-refractivity contribution in [1.82, 2.24) is 19.5 Å². The summed E-state index contributed by atoms with van der Waals surface area (Å²) >= 11 is 1.83. The molecule has 0 aliphatic carbocycles. The molecule has 168 valence electrons. The van der Waals surface area contributed by atoms with Crippen molar-refractivity contribution in [2.45, 2.75) is 0 Å². The second kappa shape index (κ2) is 7.44. The van der Waals surface area contributed by atoms with Gasteiger partial charge in [-0.3, -0.25) is 4.57 Å². The zero-order valence-electron chi connectivity index (χ0n) is 19.1. The van der Waals surface area contributed by atoms with Gasteiger partial charge in [-0.1, -0.05) is 60.7 Å². The van der Waals surface area contributed by atoms with E-state index >= 15 is 0 Å². The molecule has 0 saturated carbocycles. The minimum atomic E-state index is 0.873. The lowest BCUT2D eigenvalue weighted by Crippen LogP contribution is -2.00. The van der Waals surface area contributed by atoms with Crippen molar-refractivity contribution in [3.05, 3.63) is 109 Å². The van der Waals surface area contributed by atoms with Crippen LogP contribution in [0.4, 0.5) is 0 Å². The standard InChI is InChI=1S/C31H18N4S/c1-2-8-19(9-3-1)23-15-16-25-29(34-23)22-14-17-27-28(21-11-5-7-13-26(21)36-27)30(22)35(25)31-20-10-4-6-12-24(20)32-18-33-31/h1-18H. The van der Waals surface area contributed by atoms with E-state index in [1.165, 1.54) is 20.2 Å². The molecule has 0 radical (unpaired) electrons. The molecule has 36 heavy (non-hydrogen) atoms. The number of rotatable bonds is 2. The molecule has 0 spiro atoms. The van der Waals surface area contributed by atoms with Crippen LogP contribution < -0.4 is 0 Å².